The number of hydrogen-bond donors (Lipinski definition) is 0. The van der Waals surface area contributed by atoms with Crippen molar-refractivity contribution < 1.29 is 13.9 Å². The highest BCUT2D eigenvalue weighted by molar-refractivity contribution is 5.88. The normalized spacial score (nSPS) is 11.0. The highest BCUT2D eigenvalue weighted by atomic mass is 16.5. The second-order valence-corrected chi connectivity index (χ2v) is 5.07. The Morgan fingerprint density at radius 2 is 2.05 bits per heavy atom. The summed E-state index contributed by atoms with van der Waals surface area (Å²) >= 11 is 0. The molecule has 0 amide bonds. The van der Waals surface area contributed by atoms with Crippen molar-refractivity contribution in [1.82, 2.24) is 4.98 Å². The van der Waals surface area contributed by atoms with E-state index >= 15 is 0 Å². The van der Waals surface area contributed by atoms with Crippen molar-refractivity contribution in [2.75, 3.05) is 6.61 Å². The smallest absolute Gasteiger partial charge is 0.311 e. The molecule has 0 saturated carbocycles. The number of benzene rings is 1. The number of carbonyl (C=O) groups is 1. The molecule has 0 aliphatic heterocycles. The molecule has 5 nitrogen and oxygen atoms in total. The maximum Gasteiger partial charge on any atom is 0.311 e. The molecule has 0 spiro atoms. The fourth-order valence-corrected chi connectivity index (χ4v) is 2.35. The molecule has 0 saturated heterocycles. The second kappa shape index (κ2) is 5.60. The average molecular weight is 297 g/mol. The highest BCUT2D eigenvalue weighted by Crippen LogP contribution is 2.18. The number of nitrogens with zero attached hydrogens (tertiary/aromatic N) is 1. The number of pyridine rings is 1. The summed E-state index contributed by atoms with van der Waals surface area (Å²) in [5.74, 6) is -0.354. The summed E-state index contributed by atoms with van der Waals surface area (Å²) < 4.78 is 10.6. The largest absolute Gasteiger partial charge is 0.466 e. The zero-order chi connectivity index (χ0) is 15.7. The van der Waals surface area contributed by atoms with Crippen LogP contribution in [0.4, 0.5) is 0 Å². The third-order valence-corrected chi connectivity index (χ3v) is 3.38. The molecule has 0 bridgehead atoms. The van der Waals surface area contributed by atoms with Crippen LogP contribution in [0, 0.1) is 6.92 Å². The van der Waals surface area contributed by atoms with E-state index in [2.05, 4.69) is 4.98 Å². The van der Waals surface area contributed by atoms with Crippen molar-refractivity contribution in [1.29, 1.82) is 0 Å². The van der Waals surface area contributed by atoms with Gasteiger partial charge in [-0.05, 0) is 38.1 Å². The molecule has 0 aliphatic carbocycles. The molecule has 0 atom stereocenters. The van der Waals surface area contributed by atoms with Gasteiger partial charge in [-0.3, -0.25) is 9.59 Å². The van der Waals surface area contributed by atoms with Crippen LogP contribution in [0.2, 0.25) is 0 Å². The van der Waals surface area contributed by atoms with Gasteiger partial charge < -0.3 is 9.15 Å². The number of carbonyl (C=O) groups excluding carboxylic acids is 1. The van der Waals surface area contributed by atoms with Crippen LogP contribution >= 0.6 is 0 Å². The summed E-state index contributed by atoms with van der Waals surface area (Å²) in [6, 6.07) is 8.72. The van der Waals surface area contributed by atoms with Crippen LogP contribution in [-0.2, 0) is 16.0 Å². The summed E-state index contributed by atoms with van der Waals surface area (Å²) in [6.07, 6.45) is 0.0550. The molecule has 3 aromatic rings. The number of esters is 1. The van der Waals surface area contributed by atoms with Crippen molar-refractivity contribution in [2.24, 2.45) is 0 Å². The van der Waals surface area contributed by atoms with Gasteiger partial charge in [0.1, 0.15) is 5.58 Å². The average Bonchev–Trinajstić information content (AvgIpc) is 2.48. The maximum absolute atomic E-state index is 12.5. The molecule has 5 heteroatoms. The van der Waals surface area contributed by atoms with E-state index in [0.717, 1.165) is 5.56 Å². The predicted octanol–water partition coefficient (Wildman–Crippen LogP) is 2.76. The van der Waals surface area contributed by atoms with Crippen LogP contribution in [0.3, 0.4) is 0 Å². The number of ether oxygens (including phenoxy) is 1. The first kappa shape index (κ1) is 14.3. The Kier molecular flexibility index (Phi) is 3.63. The van der Waals surface area contributed by atoms with Crippen LogP contribution in [-0.4, -0.2) is 17.6 Å². The third-order valence-electron chi connectivity index (χ3n) is 3.38. The summed E-state index contributed by atoms with van der Waals surface area (Å²) in [4.78, 5) is 28.3. The van der Waals surface area contributed by atoms with Gasteiger partial charge in [-0.15, -0.1) is 0 Å². The van der Waals surface area contributed by atoms with Gasteiger partial charge in [-0.25, -0.2) is 4.98 Å². The van der Waals surface area contributed by atoms with Crippen LogP contribution in [0.15, 0.2) is 39.5 Å². The zero-order valence-electron chi connectivity index (χ0n) is 12.4. The van der Waals surface area contributed by atoms with Gasteiger partial charge in [0.25, 0.3) is 0 Å². The molecule has 2 aromatic heterocycles. The lowest BCUT2D eigenvalue weighted by molar-refractivity contribution is -0.142. The van der Waals surface area contributed by atoms with E-state index in [1.165, 1.54) is 0 Å². The molecule has 22 heavy (non-hydrogen) atoms. The van der Waals surface area contributed by atoms with Crippen molar-refractivity contribution in [2.45, 2.75) is 20.3 Å². The van der Waals surface area contributed by atoms with Crippen LogP contribution in [0.25, 0.3) is 22.1 Å². The minimum absolute atomic E-state index is 0.0550. The Labute approximate surface area is 126 Å². The first-order chi connectivity index (χ1) is 10.6. The minimum atomic E-state index is -0.354. The molecule has 3 rings (SSSR count). The quantitative estimate of drug-likeness (QED) is 0.549. The number of rotatable bonds is 3. The molecule has 2 heterocycles. The van der Waals surface area contributed by atoms with E-state index in [-0.39, 0.29) is 23.5 Å². The Morgan fingerprint density at radius 1 is 1.23 bits per heavy atom. The van der Waals surface area contributed by atoms with Gasteiger partial charge in [0.2, 0.25) is 11.1 Å². The van der Waals surface area contributed by atoms with Crippen LogP contribution < -0.4 is 5.43 Å². The number of aromatic nitrogens is 1. The van der Waals surface area contributed by atoms with Gasteiger partial charge in [0, 0.05) is 0 Å². The van der Waals surface area contributed by atoms with E-state index in [4.69, 9.17) is 9.15 Å². The summed E-state index contributed by atoms with van der Waals surface area (Å²) in [7, 11) is 0. The van der Waals surface area contributed by atoms with E-state index < -0.39 is 0 Å². The van der Waals surface area contributed by atoms with E-state index in [1.807, 2.05) is 13.0 Å². The van der Waals surface area contributed by atoms with Crippen LogP contribution in [0.1, 0.15) is 18.2 Å². The zero-order valence-corrected chi connectivity index (χ0v) is 12.4. The minimum Gasteiger partial charge on any atom is -0.466 e. The maximum atomic E-state index is 12.5. The van der Waals surface area contributed by atoms with Gasteiger partial charge >= 0.3 is 5.97 Å². The van der Waals surface area contributed by atoms with E-state index in [9.17, 15) is 9.59 Å². The topological polar surface area (TPSA) is 69.4 Å². The SMILES string of the molecule is CCOC(=O)Cc1ccc2c(=O)c3cc(C)ccc3oc2n1. The Morgan fingerprint density at radius 3 is 2.82 bits per heavy atom. The van der Waals surface area contributed by atoms with Crippen LogP contribution in [0.5, 0.6) is 0 Å². The summed E-state index contributed by atoms with van der Waals surface area (Å²) in [5, 5.41) is 0.943. The first-order valence-corrected chi connectivity index (χ1v) is 7.07. The van der Waals surface area contributed by atoms with Crippen molar-refractivity contribution in [3.05, 3.63) is 51.8 Å². The summed E-state index contributed by atoms with van der Waals surface area (Å²) in [5.41, 5.74) is 2.12. The second-order valence-electron chi connectivity index (χ2n) is 5.07. The van der Waals surface area contributed by atoms with Crippen molar-refractivity contribution in [3.63, 3.8) is 0 Å². The molecule has 0 aliphatic rings. The molecule has 0 N–H and O–H groups in total. The number of hydrogen-bond acceptors (Lipinski definition) is 5. The lowest BCUT2D eigenvalue weighted by Crippen LogP contribution is -2.10. The van der Waals surface area contributed by atoms with Gasteiger partial charge in [0.05, 0.1) is 29.5 Å². The fourth-order valence-electron chi connectivity index (χ4n) is 2.35. The van der Waals surface area contributed by atoms with Crippen molar-refractivity contribution in [3.8, 4) is 0 Å². The molecule has 0 fully saturated rings. The number of aryl methyl sites for hydroxylation is 1. The van der Waals surface area contributed by atoms with Gasteiger partial charge in [-0.2, -0.15) is 0 Å². The Balaban J connectivity index is 2.13. The first-order valence-electron chi connectivity index (χ1n) is 7.07. The molecule has 1 aromatic carbocycles. The standard InChI is InChI=1S/C17H15NO4/c1-3-21-15(19)9-11-5-6-12-16(20)13-8-10(2)4-7-14(13)22-17(12)18-11/h4-8H,3,9H2,1-2H3. The monoisotopic (exact) mass is 297 g/mol. The fraction of sp³-hybridized carbons (Fsp3) is 0.235. The van der Waals surface area contributed by atoms with Gasteiger partial charge in [-0.1, -0.05) is 11.6 Å². The lowest BCUT2D eigenvalue weighted by Gasteiger charge is -2.04. The summed E-state index contributed by atoms with van der Waals surface area (Å²) in [6.45, 7) is 3.99. The van der Waals surface area contributed by atoms with E-state index in [1.54, 1.807) is 31.2 Å². The number of fused-ring (bicyclic) bond motifs is 2. The molecule has 112 valence electrons. The Hall–Kier alpha value is -2.69. The van der Waals surface area contributed by atoms with E-state index in [0.29, 0.717) is 28.7 Å². The van der Waals surface area contributed by atoms with Crippen molar-refractivity contribution >= 4 is 28.0 Å². The molecule has 0 radical (unpaired) electrons. The molecular weight excluding hydrogens is 282 g/mol. The highest BCUT2D eigenvalue weighted by Gasteiger charge is 2.11. The molecule has 0 unspecified atom stereocenters. The van der Waals surface area contributed by atoms with Gasteiger partial charge in [0.15, 0.2) is 0 Å². The Bertz CT molecular complexity index is 927. The predicted molar refractivity (Wildman–Crippen MR) is 82.9 cm³/mol. The molecular formula is C17H15NO4. The lowest BCUT2D eigenvalue weighted by atomic mass is 10.1. The third kappa shape index (κ3) is 2.57.